The number of hydrogen-bond donors (Lipinski definition) is 2. The molecule has 0 aliphatic rings. The fraction of sp³-hybridized carbons (Fsp3) is 0.0667. The maximum atomic E-state index is 13.7. The monoisotopic (exact) mass is 322 g/mol. The van der Waals surface area contributed by atoms with Gasteiger partial charge in [0.25, 0.3) is 0 Å². The summed E-state index contributed by atoms with van der Waals surface area (Å²) in [6.07, 6.45) is 0. The van der Waals surface area contributed by atoms with E-state index in [1.165, 1.54) is 19.1 Å². The van der Waals surface area contributed by atoms with Crippen LogP contribution >= 0.6 is 23.8 Å². The van der Waals surface area contributed by atoms with Crippen LogP contribution in [-0.2, 0) is 0 Å². The smallest absolute Gasteiger partial charge is 0.175 e. The van der Waals surface area contributed by atoms with Crippen molar-refractivity contribution in [2.24, 2.45) is 0 Å². The molecule has 0 fully saturated rings. The van der Waals surface area contributed by atoms with E-state index in [1.807, 2.05) is 0 Å². The van der Waals surface area contributed by atoms with E-state index in [1.54, 1.807) is 30.3 Å². The Morgan fingerprint density at radius 1 is 1.14 bits per heavy atom. The second-order valence-electron chi connectivity index (χ2n) is 4.31. The highest BCUT2D eigenvalue weighted by atomic mass is 35.5. The zero-order valence-corrected chi connectivity index (χ0v) is 12.7. The lowest BCUT2D eigenvalue weighted by Crippen LogP contribution is -2.19. The molecule has 0 spiro atoms. The third kappa shape index (κ3) is 4.00. The fourth-order valence-electron chi connectivity index (χ4n) is 1.67. The topological polar surface area (TPSA) is 41.1 Å². The number of carbonyl (C=O) groups excluding carboxylic acids is 1. The van der Waals surface area contributed by atoms with Crippen molar-refractivity contribution in [3.05, 3.63) is 58.9 Å². The first kappa shape index (κ1) is 15.4. The molecule has 0 aliphatic carbocycles. The van der Waals surface area contributed by atoms with E-state index in [2.05, 4.69) is 10.6 Å². The lowest BCUT2D eigenvalue weighted by Gasteiger charge is -2.11. The van der Waals surface area contributed by atoms with Gasteiger partial charge in [-0.15, -0.1) is 0 Å². The highest BCUT2D eigenvalue weighted by Crippen LogP contribution is 2.22. The van der Waals surface area contributed by atoms with Crippen LogP contribution in [0.25, 0.3) is 0 Å². The molecule has 0 aliphatic heterocycles. The standard InChI is InChI=1S/C15H12ClFN2OS/c1-9(20)10-5-7-11(8-6-10)18-15(21)19-13-4-2-3-12(16)14(13)17/h2-8H,1H3,(H2,18,19,21). The molecule has 2 rings (SSSR count). The Labute approximate surface area is 132 Å². The summed E-state index contributed by atoms with van der Waals surface area (Å²) in [5.41, 5.74) is 1.50. The van der Waals surface area contributed by atoms with E-state index in [9.17, 15) is 9.18 Å². The molecule has 0 amide bonds. The van der Waals surface area contributed by atoms with Gasteiger partial charge in [0.2, 0.25) is 0 Å². The number of rotatable bonds is 3. The Hall–Kier alpha value is -1.98. The van der Waals surface area contributed by atoms with E-state index in [0.717, 1.165) is 0 Å². The predicted molar refractivity (Wildman–Crippen MR) is 87.7 cm³/mol. The van der Waals surface area contributed by atoms with Crippen LogP contribution in [0.15, 0.2) is 42.5 Å². The second-order valence-corrected chi connectivity index (χ2v) is 5.13. The number of anilines is 2. The van der Waals surface area contributed by atoms with Crippen molar-refractivity contribution in [2.75, 3.05) is 10.6 Å². The minimum atomic E-state index is -0.560. The molecule has 2 aromatic rings. The van der Waals surface area contributed by atoms with Gasteiger partial charge in [0.15, 0.2) is 16.7 Å². The van der Waals surface area contributed by atoms with E-state index in [4.69, 9.17) is 23.8 Å². The summed E-state index contributed by atoms with van der Waals surface area (Å²) in [5.74, 6) is -0.571. The number of benzene rings is 2. The van der Waals surface area contributed by atoms with Gasteiger partial charge in [0, 0.05) is 11.3 Å². The SMILES string of the molecule is CC(=O)c1ccc(NC(=S)Nc2cccc(Cl)c2F)cc1. The molecular formula is C15H12ClFN2OS. The van der Waals surface area contributed by atoms with E-state index in [0.29, 0.717) is 11.3 Å². The summed E-state index contributed by atoms with van der Waals surface area (Å²) in [5, 5.41) is 5.88. The van der Waals surface area contributed by atoms with Crippen molar-refractivity contribution >= 4 is 46.1 Å². The van der Waals surface area contributed by atoms with Gasteiger partial charge in [0.1, 0.15) is 0 Å². The molecule has 6 heteroatoms. The molecular weight excluding hydrogens is 311 g/mol. The summed E-state index contributed by atoms with van der Waals surface area (Å²) in [4.78, 5) is 11.2. The van der Waals surface area contributed by atoms with Gasteiger partial charge in [0.05, 0.1) is 10.7 Å². The summed E-state index contributed by atoms with van der Waals surface area (Å²) in [6.45, 7) is 1.50. The number of nitrogens with one attached hydrogen (secondary N) is 2. The second kappa shape index (κ2) is 6.65. The molecule has 0 bridgehead atoms. The highest BCUT2D eigenvalue weighted by molar-refractivity contribution is 7.80. The van der Waals surface area contributed by atoms with E-state index >= 15 is 0 Å². The Morgan fingerprint density at radius 3 is 2.43 bits per heavy atom. The average Bonchev–Trinajstić information content (AvgIpc) is 2.44. The van der Waals surface area contributed by atoms with Crippen LogP contribution in [0.5, 0.6) is 0 Å². The van der Waals surface area contributed by atoms with E-state index in [-0.39, 0.29) is 21.6 Å². The molecule has 0 heterocycles. The van der Waals surface area contributed by atoms with Crippen molar-refractivity contribution in [3.8, 4) is 0 Å². The van der Waals surface area contributed by atoms with Crippen molar-refractivity contribution < 1.29 is 9.18 Å². The first-order valence-corrected chi connectivity index (χ1v) is 6.89. The van der Waals surface area contributed by atoms with Crippen LogP contribution in [0, 0.1) is 5.82 Å². The van der Waals surface area contributed by atoms with Gasteiger partial charge in [-0.2, -0.15) is 0 Å². The van der Waals surface area contributed by atoms with Crippen LogP contribution in [-0.4, -0.2) is 10.9 Å². The number of thiocarbonyl (C=S) groups is 1. The number of carbonyl (C=O) groups is 1. The maximum Gasteiger partial charge on any atom is 0.175 e. The number of halogens is 2. The minimum absolute atomic E-state index is 0.0109. The molecule has 0 saturated heterocycles. The van der Waals surface area contributed by atoms with Crippen LogP contribution in [0.1, 0.15) is 17.3 Å². The summed E-state index contributed by atoms with van der Waals surface area (Å²) in [6, 6.07) is 11.4. The Kier molecular flexibility index (Phi) is 4.88. The summed E-state index contributed by atoms with van der Waals surface area (Å²) in [7, 11) is 0. The fourth-order valence-corrected chi connectivity index (χ4v) is 2.08. The number of hydrogen-bond acceptors (Lipinski definition) is 2. The maximum absolute atomic E-state index is 13.7. The molecule has 2 N–H and O–H groups in total. The van der Waals surface area contributed by atoms with Crippen molar-refractivity contribution in [3.63, 3.8) is 0 Å². The van der Waals surface area contributed by atoms with Crippen molar-refractivity contribution in [1.82, 2.24) is 0 Å². The minimum Gasteiger partial charge on any atom is -0.332 e. The molecule has 108 valence electrons. The zero-order valence-electron chi connectivity index (χ0n) is 11.1. The predicted octanol–water partition coefficient (Wildman–Crippen LogP) is 4.49. The molecule has 0 unspecified atom stereocenters. The lowest BCUT2D eigenvalue weighted by atomic mass is 10.1. The molecule has 0 aromatic heterocycles. The average molecular weight is 323 g/mol. The van der Waals surface area contributed by atoms with Crippen molar-refractivity contribution in [1.29, 1.82) is 0 Å². The van der Waals surface area contributed by atoms with Crippen molar-refractivity contribution in [2.45, 2.75) is 6.92 Å². The number of Topliss-reactive ketones (excluding diaryl/α,β-unsaturated/α-hetero) is 1. The molecule has 21 heavy (non-hydrogen) atoms. The van der Waals surface area contributed by atoms with Gasteiger partial charge >= 0.3 is 0 Å². The van der Waals surface area contributed by atoms with E-state index < -0.39 is 5.82 Å². The Morgan fingerprint density at radius 2 is 1.81 bits per heavy atom. The Balaban J connectivity index is 2.04. The molecule has 3 nitrogen and oxygen atoms in total. The van der Waals surface area contributed by atoms with Crippen LogP contribution in [0.4, 0.5) is 15.8 Å². The molecule has 0 atom stereocenters. The van der Waals surface area contributed by atoms with Gasteiger partial charge in [-0.3, -0.25) is 4.79 Å². The van der Waals surface area contributed by atoms with Crippen LogP contribution < -0.4 is 10.6 Å². The lowest BCUT2D eigenvalue weighted by molar-refractivity contribution is 0.101. The largest absolute Gasteiger partial charge is 0.332 e. The third-order valence-corrected chi connectivity index (χ3v) is 3.25. The van der Waals surface area contributed by atoms with Gasteiger partial charge in [-0.05, 0) is 55.5 Å². The van der Waals surface area contributed by atoms with Gasteiger partial charge in [-0.25, -0.2) is 4.39 Å². The van der Waals surface area contributed by atoms with Crippen LogP contribution in [0.2, 0.25) is 5.02 Å². The normalized spacial score (nSPS) is 10.0. The zero-order chi connectivity index (χ0) is 15.4. The summed E-state index contributed by atoms with van der Waals surface area (Å²) >= 11 is 10.8. The van der Waals surface area contributed by atoms with Gasteiger partial charge < -0.3 is 10.6 Å². The Bertz CT molecular complexity index is 689. The first-order valence-electron chi connectivity index (χ1n) is 6.10. The first-order chi connectivity index (χ1) is 9.97. The molecule has 0 radical (unpaired) electrons. The van der Waals surface area contributed by atoms with Crippen LogP contribution in [0.3, 0.4) is 0 Å². The number of ketones is 1. The quantitative estimate of drug-likeness (QED) is 0.645. The highest BCUT2D eigenvalue weighted by Gasteiger charge is 2.07. The molecule has 0 saturated carbocycles. The third-order valence-electron chi connectivity index (χ3n) is 2.75. The van der Waals surface area contributed by atoms with Gasteiger partial charge in [-0.1, -0.05) is 17.7 Å². The molecule has 2 aromatic carbocycles. The summed E-state index contributed by atoms with van der Waals surface area (Å²) < 4.78 is 13.7.